The molecule has 9 heteroatoms. The van der Waals surface area contributed by atoms with Crippen LogP contribution in [0.15, 0.2) is 64.8 Å². The van der Waals surface area contributed by atoms with E-state index in [1.807, 2.05) is 54.6 Å². The van der Waals surface area contributed by atoms with Gasteiger partial charge in [0.1, 0.15) is 10.6 Å². The second-order valence-electron chi connectivity index (χ2n) is 6.23. The van der Waals surface area contributed by atoms with Gasteiger partial charge in [0.05, 0.1) is 19.4 Å². The summed E-state index contributed by atoms with van der Waals surface area (Å²) in [6.07, 6.45) is 0. The Morgan fingerprint density at radius 3 is 2.45 bits per heavy atom. The monoisotopic (exact) mass is 500 g/mol. The topological polar surface area (TPSA) is 95.9 Å². The number of ether oxygens (including phenoxy) is 2. The number of methoxy groups -OCH3 is 1. The molecule has 2 aromatic carbocycles. The molecule has 0 spiro atoms. The largest absolute Gasteiger partial charge is 0.510 e. The molecule has 0 aliphatic carbocycles. The number of diazo groups is 1. The number of anilines is 2. The Hall–Kier alpha value is -3.35. The Kier molecular flexibility index (Phi) is 7.28. The maximum Gasteiger partial charge on any atom is 0.510 e. The molecule has 2 N–H and O–H groups in total. The van der Waals surface area contributed by atoms with Crippen molar-refractivity contribution in [1.82, 2.24) is 0 Å². The van der Waals surface area contributed by atoms with E-state index in [-0.39, 0.29) is 6.61 Å². The minimum atomic E-state index is -0.920. The van der Waals surface area contributed by atoms with E-state index in [0.717, 1.165) is 26.4 Å². The molecular formula is C22H19BrN3O4S+. The predicted molar refractivity (Wildman–Crippen MR) is 125 cm³/mol. The molecule has 1 aromatic heterocycles. The maximum absolute atomic E-state index is 12.1. The van der Waals surface area contributed by atoms with E-state index in [2.05, 4.69) is 26.2 Å². The number of carbonyl (C=O) groups excluding carboxylic acids is 1. The third kappa shape index (κ3) is 5.23. The van der Waals surface area contributed by atoms with E-state index in [9.17, 15) is 15.3 Å². The molecule has 0 atom stereocenters. The van der Waals surface area contributed by atoms with Gasteiger partial charge in [0.15, 0.2) is 4.98 Å². The minimum Gasteiger partial charge on any atom is -0.500 e. The predicted octanol–water partition coefficient (Wildman–Crippen LogP) is 6.57. The van der Waals surface area contributed by atoms with Crippen molar-refractivity contribution >= 4 is 50.4 Å². The summed E-state index contributed by atoms with van der Waals surface area (Å²) in [6.45, 7) is 1.70. The number of aliphatic hydroxyl groups excluding tert-OH is 1. The lowest BCUT2D eigenvalue weighted by molar-refractivity contribution is -0.138. The highest BCUT2D eigenvalue weighted by Crippen LogP contribution is 2.41. The summed E-state index contributed by atoms with van der Waals surface area (Å²) in [5.74, 6) is -0.679. The Morgan fingerprint density at radius 2 is 1.87 bits per heavy atom. The first kappa shape index (κ1) is 22.3. The first-order valence-electron chi connectivity index (χ1n) is 9.23. The van der Waals surface area contributed by atoms with Gasteiger partial charge < -0.3 is 19.9 Å². The quantitative estimate of drug-likeness (QED) is 0.165. The van der Waals surface area contributed by atoms with Crippen LogP contribution in [-0.4, -0.2) is 24.8 Å². The molecule has 0 fully saturated rings. The van der Waals surface area contributed by atoms with Crippen molar-refractivity contribution in [1.29, 1.82) is 5.39 Å². The number of halogens is 1. The molecule has 0 aliphatic rings. The van der Waals surface area contributed by atoms with Gasteiger partial charge in [0.2, 0.25) is 11.2 Å². The number of esters is 1. The summed E-state index contributed by atoms with van der Waals surface area (Å²) < 4.78 is 11.0. The lowest BCUT2D eigenvalue weighted by atomic mass is 10.1. The standard InChI is InChI=1S/C22H18BrN3O4S/c1-3-30-22(28)19(26-24)20(27)21-17(25-15-8-6-14(23)7-9-15)12-18(31-21)13-4-10-16(29-2)11-5-13/h4-12H,3H2,1-2H3,(H-,25,27,28)/p+1. The van der Waals surface area contributed by atoms with Crippen molar-refractivity contribution in [3.05, 3.63) is 74.6 Å². The average Bonchev–Trinajstić information content (AvgIpc) is 3.20. The molecular weight excluding hydrogens is 482 g/mol. The summed E-state index contributed by atoms with van der Waals surface area (Å²) in [4.78, 5) is 16.2. The zero-order chi connectivity index (χ0) is 22.4. The Morgan fingerprint density at radius 1 is 1.19 bits per heavy atom. The molecule has 31 heavy (non-hydrogen) atoms. The third-order valence-electron chi connectivity index (χ3n) is 4.24. The van der Waals surface area contributed by atoms with Crippen LogP contribution >= 0.6 is 27.3 Å². The van der Waals surface area contributed by atoms with Crippen molar-refractivity contribution < 1.29 is 19.4 Å². The number of nitrogens with one attached hydrogen (secondary N) is 1. The van der Waals surface area contributed by atoms with Crippen molar-refractivity contribution in [2.75, 3.05) is 19.0 Å². The fourth-order valence-corrected chi connectivity index (χ4v) is 4.07. The van der Waals surface area contributed by atoms with Crippen LogP contribution in [0.3, 0.4) is 0 Å². The SMILES string of the molecule is CCOC(=O)/C([N+]#N)=C(\O)c1sc(-c2ccc(OC)cc2)cc1Nc1ccc(Br)cc1. The van der Waals surface area contributed by atoms with Crippen LogP contribution < -0.4 is 10.1 Å². The summed E-state index contributed by atoms with van der Waals surface area (Å²) >= 11 is 4.64. The summed E-state index contributed by atoms with van der Waals surface area (Å²) in [6, 6.07) is 16.8. The van der Waals surface area contributed by atoms with Gasteiger partial charge in [0, 0.05) is 15.0 Å². The number of aliphatic hydroxyl groups is 1. The Bertz CT molecular complexity index is 1150. The van der Waals surface area contributed by atoms with E-state index in [1.54, 1.807) is 14.0 Å². The van der Waals surface area contributed by atoms with Gasteiger partial charge in [0.25, 0.3) is 0 Å². The van der Waals surface area contributed by atoms with Gasteiger partial charge in [-0.25, -0.2) is 4.79 Å². The summed E-state index contributed by atoms with van der Waals surface area (Å²) in [7, 11) is 1.59. The Balaban J connectivity index is 2.10. The number of hydrogen-bond acceptors (Lipinski definition) is 7. The molecule has 1 heterocycles. The van der Waals surface area contributed by atoms with Crippen molar-refractivity contribution in [2.24, 2.45) is 0 Å². The highest BCUT2D eigenvalue weighted by molar-refractivity contribution is 9.10. The molecule has 0 radical (unpaired) electrons. The van der Waals surface area contributed by atoms with E-state index < -0.39 is 17.4 Å². The van der Waals surface area contributed by atoms with Gasteiger partial charge in [-0.05, 0) is 67.1 Å². The third-order valence-corrected chi connectivity index (χ3v) is 5.96. The summed E-state index contributed by atoms with van der Waals surface area (Å²) in [5.41, 5.74) is 1.64. The van der Waals surface area contributed by atoms with Crippen LogP contribution in [0.25, 0.3) is 21.2 Å². The van der Waals surface area contributed by atoms with Crippen LogP contribution in [0.2, 0.25) is 0 Å². The van der Waals surface area contributed by atoms with Crippen LogP contribution in [-0.2, 0) is 9.53 Å². The van der Waals surface area contributed by atoms with Crippen LogP contribution in [0.1, 0.15) is 11.8 Å². The number of thiophene rings is 1. The molecule has 7 nitrogen and oxygen atoms in total. The van der Waals surface area contributed by atoms with Gasteiger partial charge in [-0.3, -0.25) is 0 Å². The second-order valence-corrected chi connectivity index (χ2v) is 8.20. The fourth-order valence-electron chi connectivity index (χ4n) is 2.74. The van der Waals surface area contributed by atoms with E-state index in [0.29, 0.717) is 10.6 Å². The smallest absolute Gasteiger partial charge is 0.500 e. The van der Waals surface area contributed by atoms with Gasteiger partial charge in [-0.1, -0.05) is 15.9 Å². The minimum absolute atomic E-state index is 0.0800. The summed E-state index contributed by atoms with van der Waals surface area (Å²) in [5, 5.41) is 23.3. The lowest BCUT2D eigenvalue weighted by Gasteiger charge is -2.06. The van der Waals surface area contributed by atoms with Crippen molar-refractivity contribution in [3.8, 4) is 16.2 Å². The number of hydrogen-bond donors (Lipinski definition) is 2. The molecule has 0 amide bonds. The van der Waals surface area contributed by atoms with E-state index >= 15 is 0 Å². The molecule has 0 unspecified atom stereocenters. The first-order valence-corrected chi connectivity index (χ1v) is 10.8. The number of carbonyl (C=O) groups is 1. The Labute approximate surface area is 191 Å². The van der Waals surface area contributed by atoms with E-state index in [1.165, 1.54) is 11.3 Å². The zero-order valence-corrected chi connectivity index (χ0v) is 19.2. The normalized spacial score (nSPS) is 11.3. The number of benzene rings is 2. The zero-order valence-electron chi connectivity index (χ0n) is 16.8. The first-order chi connectivity index (χ1) is 15.0. The van der Waals surface area contributed by atoms with Crippen LogP contribution in [0.4, 0.5) is 11.4 Å². The fraction of sp³-hybridized carbons (Fsp3) is 0.136. The highest BCUT2D eigenvalue weighted by atomic mass is 79.9. The van der Waals surface area contributed by atoms with Crippen molar-refractivity contribution in [3.63, 3.8) is 0 Å². The molecule has 158 valence electrons. The number of rotatable bonds is 7. The van der Waals surface area contributed by atoms with E-state index in [4.69, 9.17) is 9.47 Å². The van der Waals surface area contributed by atoms with Crippen LogP contribution in [0.5, 0.6) is 5.75 Å². The second kappa shape index (κ2) is 10.1. The number of nitrogens with zero attached hydrogens (tertiary/aromatic N) is 2. The van der Waals surface area contributed by atoms with Gasteiger partial charge in [-0.15, -0.1) is 11.3 Å². The average molecular weight is 501 g/mol. The van der Waals surface area contributed by atoms with Crippen molar-refractivity contribution in [2.45, 2.75) is 6.92 Å². The molecule has 0 saturated carbocycles. The molecule has 0 saturated heterocycles. The van der Waals surface area contributed by atoms with Gasteiger partial charge >= 0.3 is 11.7 Å². The van der Waals surface area contributed by atoms with Crippen LogP contribution in [0, 0.1) is 5.39 Å². The van der Waals surface area contributed by atoms with Gasteiger partial charge in [-0.2, -0.15) is 0 Å². The molecule has 0 bridgehead atoms. The molecule has 0 aliphatic heterocycles. The maximum atomic E-state index is 12.1. The lowest BCUT2D eigenvalue weighted by Crippen LogP contribution is -2.07. The molecule has 3 rings (SSSR count). The molecule has 3 aromatic rings. The highest BCUT2D eigenvalue weighted by Gasteiger charge is 2.33.